The smallest absolute Gasteiger partial charge is 0.135 e. The SMILES string of the molecule is CCN(CC)c1cc(Nc2cccc(Cl)c2Cl)ncn1. The van der Waals surface area contributed by atoms with Gasteiger partial charge in [-0.05, 0) is 26.0 Å². The van der Waals surface area contributed by atoms with Gasteiger partial charge in [0, 0.05) is 19.2 Å². The summed E-state index contributed by atoms with van der Waals surface area (Å²) in [4.78, 5) is 10.6. The zero-order valence-electron chi connectivity index (χ0n) is 11.4. The van der Waals surface area contributed by atoms with Crippen LogP contribution in [0.15, 0.2) is 30.6 Å². The molecular weight excluding hydrogens is 295 g/mol. The number of nitrogens with zero attached hydrogens (tertiary/aromatic N) is 3. The number of anilines is 3. The molecule has 0 amide bonds. The second-order valence-electron chi connectivity index (χ2n) is 4.16. The molecule has 0 radical (unpaired) electrons. The molecule has 0 bridgehead atoms. The highest BCUT2D eigenvalue weighted by molar-refractivity contribution is 6.43. The van der Waals surface area contributed by atoms with Crippen molar-refractivity contribution in [3.05, 3.63) is 40.6 Å². The Hall–Kier alpha value is -1.52. The van der Waals surface area contributed by atoms with E-state index in [1.54, 1.807) is 6.07 Å². The number of hydrogen-bond acceptors (Lipinski definition) is 4. The maximum atomic E-state index is 6.15. The molecule has 0 aliphatic heterocycles. The fourth-order valence-electron chi connectivity index (χ4n) is 1.87. The van der Waals surface area contributed by atoms with Crippen molar-refractivity contribution in [2.75, 3.05) is 23.3 Å². The summed E-state index contributed by atoms with van der Waals surface area (Å²) >= 11 is 12.1. The van der Waals surface area contributed by atoms with Gasteiger partial charge in [-0.3, -0.25) is 0 Å². The van der Waals surface area contributed by atoms with Gasteiger partial charge in [0.2, 0.25) is 0 Å². The molecule has 106 valence electrons. The minimum absolute atomic E-state index is 0.483. The summed E-state index contributed by atoms with van der Waals surface area (Å²) in [6.45, 7) is 5.97. The number of halogens is 2. The highest BCUT2D eigenvalue weighted by Gasteiger charge is 2.08. The van der Waals surface area contributed by atoms with Crippen molar-refractivity contribution < 1.29 is 0 Å². The van der Waals surface area contributed by atoms with E-state index in [9.17, 15) is 0 Å². The number of aromatic nitrogens is 2. The van der Waals surface area contributed by atoms with Gasteiger partial charge in [-0.25, -0.2) is 9.97 Å². The van der Waals surface area contributed by atoms with Crippen LogP contribution in [0.2, 0.25) is 10.0 Å². The van der Waals surface area contributed by atoms with Crippen molar-refractivity contribution in [2.45, 2.75) is 13.8 Å². The van der Waals surface area contributed by atoms with Crippen molar-refractivity contribution in [1.29, 1.82) is 0 Å². The van der Waals surface area contributed by atoms with Crippen LogP contribution in [0.25, 0.3) is 0 Å². The van der Waals surface area contributed by atoms with Crippen LogP contribution in [0, 0.1) is 0 Å². The minimum atomic E-state index is 0.483. The topological polar surface area (TPSA) is 41.0 Å². The van der Waals surface area contributed by atoms with E-state index in [4.69, 9.17) is 23.2 Å². The highest BCUT2D eigenvalue weighted by Crippen LogP contribution is 2.31. The van der Waals surface area contributed by atoms with Crippen LogP contribution < -0.4 is 10.2 Å². The van der Waals surface area contributed by atoms with Crippen LogP contribution in [0.3, 0.4) is 0 Å². The monoisotopic (exact) mass is 310 g/mol. The fourth-order valence-corrected chi connectivity index (χ4v) is 2.22. The minimum Gasteiger partial charge on any atom is -0.357 e. The molecule has 0 aliphatic carbocycles. The number of benzene rings is 1. The number of nitrogens with one attached hydrogen (secondary N) is 1. The first-order valence-electron chi connectivity index (χ1n) is 6.43. The Morgan fingerprint density at radius 2 is 1.90 bits per heavy atom. The van der Waals surface area contributed by atoms with Crippen molar-refractivity contribution >= 4 is 40.5 Å². The molecule has 1 heterocycles. The van der Waals surface area contributed by atoms with Gasteiger partial charge in [-0.2, -0.15) is 0 Å². The Bertz CT molecular complexity index is 585. The first kappa shape index (κ1) is 14.9. The largest absolute Gasteiger partial charge is 0.357 e. The fraction of sp³-hybridized carbons (Fsp3) is 0.286. The molecule has 0 saturated heterocycles. The lowest BCUT2D eigenvalue weighted by Gasteiger charge is -2.20. The Labute approximate surface area is 128 Å². The second-order valence-corrected chi connectivity index (χ2v) is 4.95. The van der Waals surface area contributed by atoms with Gasteiger partial charge in [0.25, 0.3) is 0 Å². The van der Waals surface area contributed by atoms with Gasteiger partial charge in [0.15, 0.2) is 0 Å². The molecule has 0 fully saturated rings. The van der Waals surface area contributed by atoms with Gasteiger partial charge in [0.05, 0.1) is 15.7 Å². The summed E-state index contributed by atoms with van der Waals surface area (Å²) in [7, 11) is 0. The number of hydrogen-bond donors (Lipinski definition) is 1. The number of rotatable bonds is 5. The molecule has 2 rings (SSSR count). The average molecular weight is 311 g/mol. The van der Waals surface area contributed by atoms with E-state index in [1.165, 1.54) is 6.33 Å². The van der Waals surface area contributed by atoms with E-state index in [-0.39, 0.29) is 0 Å². The summed E-state index contributed by atoms with van der Waals surface area (Å²) in [6, 6.07) is 7.33. The predicted octanol–water partition coefficient (Wildman–Crippen LogP) is 4.37. The average Bonchev–Trinajstić information content (AvgIpc) is 2.46. The first-order chi connectivity index (χ1) is 9.65. The Kier molecular flexibility index (Phi) is 5.04. The van der Waals surface area contributed by atoms with Crippen molar-refractivity contribution in [3.8, 4) is 0 Å². The van der Waals surface area contributed by atoms with Crippen molar-refractivity contribution in [1.82, 2.24) is 9.97 Å². The molecule has 2 aromatic rings. The molecule has 0 atom stereocenters. The lowest BCUT2D eigenvalue weighted by molar-refractivity contribution is 0.842. The van der Waals surface area contributed by atoms with Gasteiger partial charge in [-0.15, -0.1) is 0 Å². The second kappa shape index (κ2) is 6.77. The van der Waals surface area contributed by atoms with E-state index in [1.807, 2.05) is 18.2 Å². The molecule has 6 heteroatoms. The van der Waals surface area contributed by atoms with Gasteiger partial charge in [0.1, 0.15) is 18.0 Å². The molecule has 1 aromatic carbocycles. The molecule has 1 N–H and O–H groups in total. The maximum absolute atomic E-state index is 6.15. The lowest BCUT2D eigenvalue weighted by atomic mass is 10.3. The van der Waals surface area contributed by atoms with Crippen molar-refractivity contribution in [2.24, 2.45) is 0 Å². The first-order valence-corrected chi connectivity index (χ1v) is 7.19. The maximum Gasteiger partial charge on any atom is 0.135 e. The summed E-state index contributed by atoms with van der Waals surface area (Å²) < 4.78 is 0. The molecule has 0 saturated carbocycles. The normalized spacial score (nSPS) is 10.4. The van der Waals surface area contributed by atoms with Gasteiger partial charge < -0.3 is 10.2 Å². The van der Waals surface area contributed by atoms with Crippen LogP contribution in [0.1, 0.15) is 13.8 Å². The quantitative estimate of drug-likeness (QED) is 0.890. The molecule has 4 nitrogen and oxygen atoms in total. The summed E-state index contributed by atoms with van der Waals surface area (Å²) in [5.41, 5.74) is 0.725. The van der Waals surface area contributed by atoms with Crippen LogP contribution >= 0.6 is 23.2 Å². The van der Waals surface area contributed by atoms with E-state index in [0.717, 1.165) is 24.6 Å². The van der Waals surface area contributed by atoms with Crippen LogP contribution in [-0.2, 0) is 0 Å². The standard InChI is InChI=1S/C14H16Cl2N4/c1-3-20(4-2)13-8-12(17-9-18-13)19-11-7-5-6-10(15)14(11)16/h5-9H,3-4H2,1-2H3,(H,17,18,19). The molecule has 1 aromatic heterocycles. The van der Waals surface area contributed by atoms with Gasteiger partial charge in [-0.1, -0.05) is 29.3 Å². The van der Waals surface area contributed by atoms with Crippen LogP contribution in [-0.4, -0.2) is 23.1 Å². The van der Waals surface area contributed by atoms with Crippen LogP contribution in [0.4, 0.5) is 17.3 Å². The Balaban J connectivity index is 2.26. The molecule has 0 aliphatic rings. The summed E-state index contributed by atoms with van der Waals surface area (Å²) in [5, 5.41) is 4.15. The van der Waals surface area contributed by atoms with Gasteiger partial charge >= 0.3 is 0 Å². The van der Waals surface area contributed by atoms with E-state index in [2.05, 4.69) is 34.0 Å². The van der Waals surface area contributed by atoms with Crippen LogP contribution in [0.5, 0.6) is 0 Å². The zero-order chi connectivity index (χ0) is 14.5. The summed E-state index contributed by atoms with van der Waals surface area (Å²) in [6.07, 6.45) is 1.54. The molecule has 0 spiro atoms. The predicted molar refractivity (Wildman–Crippen MR) is 85.3 cm³/mol. The summed E-state index contributed by atoms with van der Waals surface area (Å²) in [5.74, 6) is 1.57. The van der Waals surface area contributed by atoms with Crippen molar-refractivity contribution in [3.63, 3.8) is 0 Å². The highest BCUT2D eigenvalue weighted by atomic mass is 35.5. The Morgan fingerprint density at radius 3 is 2.60 bits per heavy atom. The van der Waals surface area contributed by atoms with E-state index < -0.39 is 0 Å². The molecule has 20 heavy (non-hydrogen) atoms. The zero-order valence-corrected chi connectivity index (χ0v) is 12.9. The Morgan fingerprint density at radius 1 is 1.15 bits per heavy atom. The molecular formula is C14H16Cl2N4. The molecule has 0 unspecified atom stereocenters. The third-order valence-corrected chi connectivity index (χ3v) is 3.77. The third-order valence-electron chi connectivity index (χ3n) is 2.95. The van der Waals surface area contributed by atoms with E-state index >= 15 is 0 Å². The third kappa shape index (κ3) is 3.32. The lowest BCUT2D eigenvalue weighted by Crippen LogP contribution is -2.23. The van der Waals surface area contributed by atoms with E-state index in [0.29, 0.717) is 15.9 Å².